The maximum atomic E-state index is 6.09. The van der Waals surface area contributed by atoms with Crippen LogP contribution in [0.2, 0.25) is 0 Å². The predicted octanol–water partition coefficient (Wildman–Crippen LogP) is 4.91. The van der Waals surface area contributed by atoms with Crippen LogP contribution in [0, 0.1) is 0 Å². The maximum Gasteiger partial charge on any atom is 0.134 e. The van der Waals surface area contributed by atoms with E-state index in [1.165, 1.54) is 11.1 Å². The molecule has 108 valence electrons. The molecule has 0 aliphatic heterocycles. The highest BCUT2D eigenvalue weighted by molar-refractivity contribution is 5.64. The average molecular weight is 271 g/mol. The van der Waals surface area contributed by atoms with E-state index in [2.05, 4.69) is 69.4 Å². The lowest BCUT2D eigenvalue weighted by atomic mass is 9.83. The molecule has 0 aliphatic carbocycles. The van der Waals surface area contributed by atoms with Gasteiger partial charge >= 0.3 is 0 Å². The van der Waals surface area contributed by atoms with Gasteiger partial charge in [-0.2, -0.15) is 0 Å². The minimum Gasteiger partial charge on any atom is -0.459 e. The molecule has 1 unspecified atom stereocenters. The standard InChI is InChI=1S/C18H25NO/c1-6-15(19-5)17-12-11-16(20-17)13-9-7-8-10-14(13)18(2,3)4/h7-12,15,19H,6H2,1-5H3. The van der Waals surface area contributed by atoms with E-state index in [9.17, 15) is 0 Å². The van der Waals surface area contributed by atoms with Crippen molar-refractivity contribution in [2.24, 2.45) is 0 Å². The summed E-state index contributed by atoms with van der Waals surface area (Å²) in [5.74, 6) is 1.97. The second kappa shape index (κ2) is 5.84. The highest BCUT2D eigenvalue weighted by atomic mass is 16.3. The van der Waals surface area contributed by atoms with Gasteiger partial charge in [-0.05, 0) is 36.6 Å². The number of hydrogen-bond acceptors (Lipinski definition) is 2. The quantitative estimate of drug-likeness (QED) is 0.854. The Morgan fingerprint density at radius 2 is 1.80 bits per heavy atom. The third-order valence-corrected chi connectivity index (χ3v) is 3.73. The van der Waals surface area contributed by atoms with Gasteiger partial charge in [-0.25, -0.2) is 0 Å². The van der Waals surface area contributed by atoms with Crippen molar-refractivity contribution in [3.63, 3.8) is 0 Å². The first kappa shape index (κ1) is 14.9. The van der Waals surface area contributed by atoms with Gasteiger partial charge in [0.1, 0.15) is 11.5 Å². The normalized spacial score (nSPS) is 13.4. The predicted molar refractivity (Wildman–Crippen MR) is 84.9 cm³/mol. The lowest BCUT2D eigenvalue weighted by Gasteiger charge is -2.22. The van der Waals surface area contributed by atoms with Gasteiger partial charge in [0.15, 0.2) is 0 Å². The Hall–Kier alpha value is -1.54. The van der Waals surface area contributed by atoms with Gasteiger partial charge in [-0.3, -0.25) is 0 Å². The Morgan fingerprint density at radius 3 is 2.40 bits per heavy atom. The molecule has 1 heterocycles. The van der Waals surface area contributed by atoms with E-state index in [1.807, 2.05) is 7.05 Å². The summed E-state index contributed by atoms with van der Waals surface area (Å²) in [6, 6.07) is 12.9. The minimum absolute atomic E-state index is 0.108. The van der Waals surface area contributed by atoms with E-state index >= 15 is 0 Å². The molecule has 0 aliphatic rings. The number of benzene rings is 1. The third-order valence-electron chi connectivity index (χ3n) is 3.73. The van der Waals surface area contributed by atoms with E-state index in [4.69, 9.17) is 4.42 Å². The SMILES string of the molecule is CCC(NC)c1ccc(-c2ccccc2C(C)(C)C)o1. The molecule has 1 atom stereocenters. The monoisotopic (exact) mass is 271 g/mol. The van der Waals surface area contributed by atoms with Crippen LogP contribution in [0.3, 0.4) is 0 Å². The van der Waals surface area contributed by atoms with Crippen LogP contribution in [0.4, 0.5) is 0 Å². The molecule has 0 radical (unpaired) electrons. The Balaban J connectivity index is 2.43. The number of nitrogens with one attached hydrogen (secondary N) is 1. The molecule has 0 saturated heterocycles. The summed E-state index contributed by atoms with van der Waals surface area (Å²) in [5.41, 5.74) is 2.62. The van der Waals surface area contributed by atoms with Crippen LogP contribution >= 0.6 is 0 Å². The zero-order valence-corrected chi connectivity index (χ0v) is 13.2. The fraction of sp³-hybridized carbons (Fsp3) is 0.444. The Labute approximate surface area is 122 Å². The minimum atomic E-state index is 0.108. The van der Waals surface area contributed by atoms with Crippen molar-refractivity contribution in [1.82, 2.24) is 5.32 Å². The Kier molecular flexibility index (Phi) is 4.34. The van der Waals surface area contributed by atoms with Gasteiger partial charge < -0.3 is 9.73 Å². The molecule has 1 N–H and O–H groups in total. The van der Waals surface area contributed by atoms with Crippen molar-refractivity contribution in [2.45, 2.75) is 45.6 Å². The molecule has 0 spiro atoms. The van der Waals surface area contributed by atoms with Crippen LogP contribution in [-0.4, -0.2) is 7.05 Å². The van der Waals surface area contributed by atoms with E-state index in [-0.39, 0.29) is 11.5 Å². The van der Waals surface area contributed by atoms with Crippen molar-refractivity contribution in [2.75, 3.05) is 7.05 Å². The lowest BCUT2D eigenvalue weighted by Crippen LogP contribution is -2.14. The number of hydrogen-bond donors (Lipinski definition) is 1. The van der Waals surface area contributed by atoms with E-state index in [1.54, 1.807) is 0 Å². The largest absolute Gasteiger partial charge is 0.459 e. The average Bonchev–Trinajstić information content (AvgIpc) is 2.89. The topological polar surface area (TPSA) is 25.2 Å². The van der Waals surface area contributed by atoms with Crippen molar-refractivity contribution in [3.8, 4) is 11.3 Å². The Bertz CT molecular complexity index is 559. The van der Waals surface area contributed by atoms with Gasteiger partial charge in [-0.15, -0.1) is 0 Å². The van der Waals surface area contributed by atoms with E-state index in [0.717, 1.165) is 17.9 Å². The Morgan fingerprint density at radius 1 is 1.10 bits per heavy atom. The fourth-order valence-electron chi connectivity index (χ4n) is 2.58. The molecule has 0 amide bonds. The summed E-state index contributed by atoms with van der Waals surface area (Å²) in [4.78, 5) is 0. The van der Waals surface area contributed by atoms with Gasteiger partial charge in [0.2, 0.25) is 0 Å². The van der Waals surface area contributed by atoms with Crippen molar-refractivity contribution in [1.29, 1.82) is 0 Å². The van der Waals surface area contributed by atoms with Crippen molar-refractivity contribution < 1.29 is 4.42 Å². The first-order valence-electron chi connectivity index (χ1n) is 7.34. The first-order chi connectivity index (χ1) is 9.47. The molecular formula is C18H25NO. The molecule has 2 aromatic rings. The summed E-state index contributed by atoms with van der Waals surface area (Å²) >= 11 is 0. The summed E-state index contributed by atoms with van der Waals surface area (Å²) in [7, 11) is 1.97. The fourth-order valence-corrected chi connectivity index (χ4v) is 2.58. The molecule has 1 aromatic carbocycles. The summed E-state index contributed by atoms with van der Waals surface area (Å²) < 4.78 is 6.09. The zero-order chi connectivity index (χ0) is 14.8. The molecule has 2 nitrogen and oxygen atoms in total. The lowest BCUT2D eigenvalue weighted by molar-refractivity contribution is 0.430. The molecule has 0 saturated carbocycles. The van der Waals surface area contributed by atoms with Crippen LogP contribution in [0.15, 0.2) is 40.8 Å². The summed E-state index contributed by atoms with van der Waals surface area (Å²) in [5, 5.41) is 3.28. The van der Waals surface area contributed by atoms with Crippen molar-refractivity contribution in [3.05, 3.63) is 47.7 Å². The summed E-state index contributed by atoms with van der Waals surface area (Å²) in [6.07, 6.45) is 1.02. The van der Waals surface area contributed by atoms with Crippen LogP contribution < -0.4 is 5.32 Å². The molecule has 1 aromatic heterocycles. The molecule has 0 bridgehead atoms. The van der Waals surface area contributed by atoms with Crippen LogP contribution in [-0.2, 0) is 5.41 Å². The second-order valence-corrected chi connectivity index (χ2v) is 6.25. The van der Waals surface area contributed by atoms with Gasteiger partial charge in [-0.1, -0.05) is 52.0 Å². The number of rotatable bonds is 4. The molecule has 20 heavy (non-hydrogen) atoms. The van der Waals surface area contributed by atoms with Crippen LogP contribution in [0.1, 0.15) is 51.5 Å². The van der Waals surface area contributed by atoms with E-state index in [0.29, 0.717) is 0 Å². The van der Waals surface area contributed by atoms with Gasteiger partial charge in [0, 0.05) is 5.56 Å². The zero-order valence-electron chi connectivity index (χ0n) is 13.2. The second-order valence-electron chi connectivity index (χ2n) is 6.25. The van der Waals surface area contributed by atoms with Crippen molar-refractivity contribution >= 4 is 0 Å². The molecule has 2 heteroatoms. The first-order valence-corrected chi connectivity index (χ1v) is 7.34. The van der Waals surface area contributed by atoms with Crippen LogP contribution in [0.5, 0.6) is 0 Å². The molecule has 2 rings (SSSR count). The smallest absolute Gasteiger partial charge is 0.134 e. The highest BCUT2D eigenvalue weighted by Crippen LogP contribution is 2.34. The molecular weight excluding hydrogens is 246 g/mol. The molecule has 0 fully saturated rings. The third kappa shape index (κ3) is 2.96. The van der Waals surface area contributed by atoms with Gasteiger partial charge in [0.05, 0.1) is 6.04 Å². The summed E-state index contributed by atoms with van der Waals surface area (Å²) in [6.45, 7) is 8.86. The van der Waals surface area contributed by atoms with Gasteiger partial charge in [0.25, 0.3) is 0 Å². The van der Waals surface area contributed by atoms with E-state index < -0.39 is 0 Å². The maximum absolute atomic E-state index is 6.09. The van der Waals surface area contributed by atoms with Crippen LogP contribution in [0.25, 0.3) is 11.3 Å². The highest BCUT2D eigenvalue weighted by Gasteiger charge is 2.20. The number of furan rings is 1.